The number of carbonyl (C=O) groups is 2. The second kappa shape index (κ2) is 13.2. The summed E-state index contributed by atoms with van der Waals surface area (Å²) in [4.78, 5) is 26.7. The summed E-state index contributed by atoms with van der Waals surface area (Å²) in [6.45, 7) is 1.86. The summed E-state index contributed by atoms with van der Waals surface area (Å²) in [7, 11) is 0. The zero-order valence-electron chi connectivity index (χ0n) is 13.9. The van der Waals surface area contributed by atoms with Gasteiger partial charge in [-0.25, -0.2) is 0 Å². The van der Waals surface area contributed by atoms with Crippen molar-refractivity contribution >= 4 is 11.8 Å². The van der Waals surface area contributed by atoms with Crippen molar-refractivity contribution in [1.29, 1.82) is 0 Å². The number of unbranched alkanes of at least 4 members (excludes halogenated alkanes) is 1. The molecule has 4 N–H and O–H groups in total. The first kappa shape index (κ1) is 21.8. The highest BCUT2D eigenvalue weighted by Crippen LogP contribution is 2.07. The Morgan fingerprint density at radius 2 is 1.22 bits per heavy atom. The Bertz CT molecular complexity index is 332. The highest BCUT2D eigenvalue weighted by molar-refractivity contribution is 5.77. The maximum absolute atomic E-state index is 12.0. The summed E-state index contributed by atoms with van der Waals surface area (Å²) >= 11 is 0. The molecule has 0 aliphatic rings. The van der Waals surface area contributed by atoms with Gasteiger partial charge < -0.3 is 30.2 Å². The molecule has 2 amide bonds. The molecule has 0 saturated heterocycles. The summed E-state index contributed by atoms with van der Waals surface area (Å²) in [5.41, 5.74) is 0. The van der Waals surface area contributed by atoms with Crippen LogP contribution in [0.15, 0.2) is 0 Å². The molecule has 0 aromatic heterocycles. The van der Waals surface area contributed by atoms with Crippen LogP contribution in [-0.4, -0.2) is 94.1 Å². The molecular formula is C15H30N2O6. The molecule has 0 aliphatic carbocycles. The molecule has 1 unspecified atom stereocenters. The molecule has 0 aliphatic heterocycles. The number of amides is 2. The van der Waals surface area contributed by atoms with Crippen LogP contribution in [0, 0.1) is 0 Å². The molecule has 0 spiro atoms. The fourth-order valence-electron chi connectivity index (χ4n) is 2.23. The third kappa shape index (κ3) is 10.2. The van der Waals surface area contributed by atoms with Gasteiger partial charge in [-0.3, -0.25) is 9.59 Å². The van der Waals surface area contributed by atoms with Gasteiger partial charge in [0, 0.05) is 39.0 Å². The van der Waals surface area contributed by atoms with Crippen LogP contribution in [0.1, 0.15) is 32.6 Å². The highest BCUT2D eigenvalue weighted by atomic mass is 16.3. The number of aliphatic hydroxyl groups excluding tert-OH is 4. The predicted octanol–water partition coefficient (Wildman–Crippen LogP) is -1.44. The zero-order chi connectivity index (χ0) is 17.7. The maximum Gasteiger partial charge on any atom is 0.222 e. The third-order valence-corrected chi connectivity index (χ3v) is 3.33. The quantitative estimate of drug-likeness (QED) is 0.306. The van der Waals surface area contributed by atoms with Crippen molar-refractivity contribution in [3.8, 4) is 0 Å². The van der Waals surface area contributed by atoms with Crippen molar-refractivity contribution in [3.05, 3.63) is 0 Å². The molecule has 0 bridgehead atoms. The first-order chi connectivity index (χ1) is 11.0. The van der Waals surface area contributed by atoms with Gasteiger partial charge >= 0.3 is 0 Å². The normalized spacial score (nSPS) is 12.0. The third-order valence-electron chi connectivity index (χ3n) is 3.33. The number of aliphatic hydroxyl groups is 4. The second-order valence-electron chi connectivity index (χ2n) is 5.45. The lowest BCUT2D eigenvalue weighted by atomic mass is 10.1. The maximum atomic E-state index is 12.0. The summed E-state index contributed by atoms with van der Waals surface area (Å²) in [5, 5.41) is 36.0. The van der Waals surface area contributed by atoms with Gasteiger partial charge in [-0.2, -0.15) is 0 Å². The van der Waals surface area contributed by atoms with Gasteiger partial charge in [0.25, 0.3) is 0 Å². The van der Waals surface area contributed by atoms with Gasteiger partial charge in [0.2, 0.25) is 11.8 Å². The minimum absolute atomic E-state index is 0.153. The van der Waals surface area contributed by atoms with Gasteiger partial charge in [0.1, 0.15) is 0 Å². The van der Waals surface area contributed by atoms with E-state index in [1.165, 1.54) is 9.80 Å². The first-order valence-corrected chi connectivity index (χ1v) is 8.02. The van der Waals surface area contributed by atoms with Crippen molar-refractivity contribution in [3.63, 3.8) is 0 Å². The van der Waals surface area contributed by atoms with Crippen molar-refractivity contribution in [2.45, 2.75) is 38.7 Å². The van der Waals surface area contributed by atoms with Crippen molar-refractivity contribution in [1.82, 2.24) is 9.80 Å². The average molecular weight is 334 g/mol. The molecule has 136 valence electrons. The standard InChI is InChI=1S/C15H30N2O6/c1-13(21)12-17(8-11-20)15(23)5-3-2-4-14(22)16(6-9-18)7-10-19/h13,18-21H,2-12H2,1H3. The van der Waals surface area contributed by atoms with Crippen LogP contribution in [0.25, 0.3) is 0 Å². The Morgan fingerprint density at radius 1 is 0.826 bits per heavy atom. The van der Waals surface area contributed by atoms with Crippen LogP contribution < -0.4 is 0 Å². The SMILES string of the molecule is CC(O)CN(CCO)C(=O)CCCCC(=O)N(CCO)CCO. The molecular weight excluding hydrogens is 304 g/mol. The molecule has 23 heavy (non-hydrogen) atoms. The summed E-state index contributed by atoms with van der Waals surface area (Å²) in [6.07, 6.45) is 0.902. The Morgan fingerprint density at radius 3 is 1.61 bits per heavy atom. The lowest BCUT2D eigenvalue weighted by Gasteiger charge is -2.23. The molecule has 0 aromatic rings. The van der Waals surface area contributed by atoms with Crippen molar-refractivity contribution in [2.75, 3.05) is 46.0 Å². The van der Waals surface area contributed by atoms with E-state index in [9.17, 15) is 14.7 Å². The van der Waals surface area contributed by atoms with E-state index < -0.39 is 6.10 Å². The largest absolute Gasteiger partial charge is 0.395 e. The fourth-order valence-corrected chi connectivity index (χ4v) is 2.23. The van der Waals surface area contributed by atoms with E-state index in [-0.39, 0.29) is 70.7 Å². The molecule has 0 radical (unpaired) electrons. The van der Waals surface area contributed by atoms with Crippen LogP contribution in [-0.2, 0) is 9.59 Å². The predicted molar refractivity (Wildman–Crippen MR) is 84.6 cm³/mol. The number of carbonyl (C=O) groups excluding carboxylic acids is 2. The van der Waals surface area contributed by atoms with Gasteiger partial charge in [-0.15, -0.1) is 0 Å². The van der Waals surface area contributed by atoms with Gasteiger partial charge in [0.15, 0.2) is 0 Å². The van der Waals surface area contributed by atoms with E-state index in [2.05, 4.69) is 0 Å². The molecule has 0 fully saturated rings. The number of hydrogen-bond donors (Lipinski definition) is 4. The number of rotatable bonds is 13. The minimum Gasteiger partial charge on any atom is -0.395 e. The summed E-state index contributed by atoms with van der Waals surface area (Å²) in [5.74, 6) is -0.313. The Balaban J connectivity index is 4.12. The Kier molecular flexibility index (Phi) is 12.5. The first-order valence-electron chi connectivity index (χ1n) is 8.02. The van der Waals surface area contributed by atoms with Crippen molar-refractivity contribution in [2.24, 2.45) is 0 Å². The minimum atomic E-state index is -0.655. The van der Waals surface area contributed by atoms with E-state index in [0.717, 1.165) is 0 Å². The van der Waals surface area contributed by atoms with Crippen LogP contribution in [0.2, 0.25) is 0 Å². The Labute approximate surface area is 137 Å². The van der Waals surface area contributed by atoms with E-state index in [1.807, 2.05) is 0 Å². The molecule has 8 heteroatoms. The summed E-state index contributed by atoms with van der Waals surface area (Å²) < 4.78 is 0. The van der Waals surface area contributed by atoms with E-state index >= 15 is 0 Å². The molecule has 0 rings (SSSR count). The highest BCUT2D eigenvalue weighted by Gasteiger charge is 2.16. The van der Waals surface area contributed by atoms with E-state index in [1.54, 1.807) is 6.92 Å². The van der Waals surface area contributed by atoms with E-state index in [4.69, 9.17) is 15.3 Å². The lowest BCUT2D eigenvalue weighted by Crippen LogP contribution is -2.38. The van der Waals surface area contributed by atoms with Crippen LogP contribution in [0.3, 0.4) is 0 Å². The van der Waals surface area contributed by atoms with Gasteiger partial charge in [0.05, 0.1) is 25.9 Å². The number of hydrogen-bond acceptors (Lipinski definition) is 6. The molecule has 0 aromatic carbocycles. The van der Waals surface area contributed by atoms with Crippen LogP contribution in [0.5, 0.6) is 0 Å². The second-order valence-corrected chi connectivity index (χ2v) is 5.45. The average Bonchev–Trinajstić information content (AvgIpc) is 2.50. The monoisotopic (exact) mass is 334 g/mol. The van der Waals surface area contributed by atoms with Crippen molar-refractivity contribution < 1.29 is 30.0 Å². The smallest absolute Gasteiger partial charge is 0.222 e. The topological polar surface area (TPSA) is 122 Å². The zero-order valence-corrected chi connectivity index (χ0v) is 13.9. The van der Waals surface area contributed by atoms with Gasteiger partial charge in [-0.1, -0.05) is 0 Å². The molecule has 0 heterocycles. The van der Waals surface area contributed by atoms with E-state index in [0.29, 0.717) is 12.8 Å². The van der Waals surface area contributed by atoms with Crippen LogP contribution in [0.4, 0.5) is 0 Å². The van der Waals surface area contributed by atoms with Gasteiger partial charge in [-0.05, 0) is 19.8 Å². The van der Waals surface area contributed by atoms with Crippen LogP contribution >= 0.6 is 0 Å². The fraction of sp³-hybridized carbons (Fsp3) is 0.867. The summed E-state index contributed by atoms with van der Waals surface area (Å²) in [6, 6.07) is 0. The Hall–Kier alpha value is -1.22. The lowest BCUT2D eigenvalue weighted by molar-refractivity contribution is -0.134. The number of nitrogens with zero attached hydrogens (tertiary/aromatic N) is 2. The molecule has 1 atom stereocenters. The molecule has 0 saturated carbocycles. The molecule has 8 nitrogen and oxygen atoms in total.